The van der Waals surface area contributed by atoms with Crippen molar-refractivity contribution in [2.45, 2.75) is 76.5 Å². The van der Waals surface area contributed by atoms with Crippen molar-refractivity contribution in [1.29, 1.82) is 5.26 Å². The molecule has 33 heavy (non-hydrogen) atoms. The van der Waals surface area contributed by atoms with Gasteiger partial charge in [0.2, 0.25) is 15.9 Å². The molecule has 0 aliphatic rings. The predicted molar refractivity (Wildman–Crippen MR) is 132 cm³/mol. The Morgan fingerprint density at radius 1 is 1.30 bits per heavy atom. The summed E-state index contributed by atoms with van der Waals surface area (Å²) in [6, 6.07) is 7.22. The van der Waals surface area contributed by atoms with E-state index in [1.54, 1.807) is 25.1 Å². The van der Waals surface area contributed by atoms with Gasteiger partial charge in [-0.2, -0.15) is 9.57 Å². The van der Waals surface area contributed by atoms with E-state index in [1.807, 2.05) is 32.3 Å². The number of unbranched alkanes of at least 4 members (excludes halogenated alkanes) is 1. The minimum Gasteiger partial charge on any atom is -0.337 e. The Bertz CT molecular complexity index is 1120. The molecule has 0 spiro atoms. The molecule has 0 saturated heterocycles. The quantitative estimate of drug-likeness (QED) is 0.448. The lowest BCUT2D eigenvalue weighted by atomic mass is 9.90. The van der Waals surface area contributed by atoms with Crippen molar-refractivity contribution in [3.63, 3.8) is 0 Å². The number of fused-ring (bicyclic) bond motifs is 1. The van der Waals surface area contributed by atoms with E-state index in [4.69, 9.17) is 0 Å². The topological polar surface area (TPSA) is 108 Å². The summed E-state index contributed by atoms with van der Waals surface area (Å²) in [6.45, 7) is 12.8. The minimum atomic E-state index is -3.59. The second-order valence-electron chi connectivity index (χ2n) is 8.45. The second kappa shape index (κ2) is 11.4. The van der Waals surface area contributed by atoms with Gasteiger partial charge in [0.1, 0.15) is 5.54 Å². The Balaban J connectivity index is 2.36. The summed E-state index contributed by atoms with van der Waals surface area (Å²) in [5.41, 5.74) is 0.494. The third kappa shape index (κ3) is 6.08. The third-order valence-corrected chi connectivity index (χ3v) is 8.90. The third-order valence-electron chi connectivity index (χ3n) is 5.88. The lowest BCUT2D eigenvalue weighted by Gasteiger charge is -2.27. The van der Waals surface area contributed by atoms with Crippen LogP contribution in [0.2, 0.25) is 0 Å². The first-order valence-corrected chi connectivity index (χ1v) is 13.8. The first-order chi connectivity index (χ1) is 15.5. The summed E-state index contributed by atoms with van der Waals surface area (Å²) < 4.78 is 29.3. The van der Waals surface area contributed by atoms with E-state index in [-0.39, 0.29) is 22.5 Å². The molecule has 1 atom stereocenters. The van der Waals surface area contributed by atoms with Gasteiger partial charge in [-0.15, -0.1) is 0 Å². The molecule has 1 aromatic carbocycles. The molecule has 0 fully saturated rings. The molecule has 1 amide bonds. The maximum Gasteiger partial charge on any atom is 0.243 e. The van der Waals surface area contributed by atoms with Crippen LogP contribution >= 0.6 is 11.8 Å². The maximum atomic E-state index is 12.9. The zero-order valence-electron chi connectivity index (χ0n) is 20.4. The number of benzene rings is 1. The molecule has 0 aliphatic carbocycles. The Morgan fingerprint density at radius 2 is 1.97 bits per heavy atom. The van der Waals surface area contributed by atoms with Crippen molar-refractivity contribution in [3.8, 4) is 6.07 Å². The highest BCUT2D eigenvalue weighted by Crippen LogP contribution is 2.28. The summed E-state index contributed by atoms with van der Waals surface area (Å²) in [4.78, 5) is 17.4. The van der Waals surface area contributed by atoms with Crippen molar-refractivity contribution in [2.75, 3.05) is 18.8 Å². The van der Waals surface area contributed by atoms with Crippen molar-refractivity contribution in [2.24, 2.45) is 5.92 Å². The number of thioether (sulfide) groups is 1. The standard InChI is InChI=1S/C23H35N5O3S2/c1-7-10-13-28-20-12-11-18(33(30,31)27(8-2)9-3)14-19(20)25-22(28)32-15-21(29)26-23(6,16-24)17(4)5/h11-12,14,17H,7-10,13,15H2,1-6H3,(H,26,29)/t23-/m0/s1. The van der Waals surface area contributed by atoms with Crippen LogP contribution in [-0.2, 0) is 21.4 Å². The number of sulfonamides is 1. The number of hydrogen-bond donors (Lipinski definition) is 1. The van der Waals surface area contributed by atoms with Gasteiger partial charge in [-0.25, -0.2) is 13.4 Å². The van der Waals surface area contributed by atoms with E-state index >= 15 is 0 Å². The molecule has 10 heteroatoms. The number of imidazole rings is 1. The first-order valence-electron chi connectivity index (χ1n) is 11.4. The largest absolute Gasteiger partial charge is 0.337 e. The van der Waals surface area contributed by atoms with Crippen molar-refractivity contribution < 1.29 is 13.2 Å². The maximum absolute atomic E-state index is 12.9. The van der Waals surface area contributed by atoms with E-state index in [1.165, 1.54) is 16.1 Å². The molecule has 8 nitrogen and oxygen atoms in total. The van der Waals surface area contributed by atoms with Crippen molar-refractivity contribution >= 4 is 38.7 Å². The van der Waals surface area contributed by atoms with Crippen LogP contribution in [0.3, 0.4) is 0 Å². The fourth-order valence-electron chi connectivity index (χ4n) is 3.36. The Labute approximate surface area is 201 Å². The Hall–Kier alpha value is -2.09. The summed E-state index contributed by atoms with van der Waals surface area (Å²) in [5.74, 6) is -0.155. The number of aryl methyl sites for hydroxylation is 1. The van der Waals surface area contributed by atoms with Crippen LogP contribution in [0.4, 0.5) is 0 Å². The van der Waals surface area contributed by atoms with Crippen LogP contribution in [0.5, 0.6) is 0 Å². The monoisotopic (exact) mass is 493 g/mol. The van der Waals surface area contributed by atoms with Gasteiger partial charge in [0.15, 0.2) is 5.16 Å². The van der Waals surface area contributed by atoms with Gasteiger partial charge >= 0.3 is 0 Å². The Morgan fingerprint density at radius 3 is 2.52 bits per heavy atom. The van der Waals surface area contributed by atoms with Crippen LogP contribution in [0.25, 0.3) is 11.0 Å². The highest BCUT2D eigenvalue weighted by atomic mass is 32.2. The summed E-state index contributed by atoms with van der Waals surface area (Å²) in [5, 5.41) is 12.9. The molecular formula is C23H35N5O3S2. The average molecular weight is 494 g/mol. The molecular weight excluding hydrogens is 458 g/mol. The molecule has 0 unspecified atom stereocenters. The number of hydrogen-bond acceptors (Lipinski definition) is 6. The number of nitrogens with zero attached hydrogens (tertiary/aromatic N) is 4. The van der Waals surface area contributed by atoms with Gasteiger partial charge < -0.3 is 9.88 Å². The SMILES string of the molecule is CCCCn1c(SCC(=O)N[C@@](C)(C#N)C(C)C)nc2cc(S(=O)(=O)N(CC)CC)ccc21. The molecule has 1 N–H and O–H groups in total. The summed E-state index contributed by atoms with van der Waals surface area (Å²) in [7, 11) is -3.59. The number of nitriles is 1. The van der Waals surface area contributed by atoms with E-state index in [2.05, 4.69) is 23.3 Å². The number of rotatable bonds is 12. The lowest BCUT2D eigenvalue weighted by molar-refractivity contribution is -0.120. The van der Waals surface area contributed by atoms with Crippen molar-refractivity contribution in [1.82, 2.24) is 19.2 Å². The zero-order chi connectivity index (χ0) is 24.8. The van der Waals surface area contributed by atoms with Gasteiger partial charge in [0, 0.05) is 19.6 Å². The molecule has 1 aromatic heterocycles. The van der Waals surface area contributed by atoms with Gasteiger partial charge in [-0.3, -0.25) is 4.79 Å². The summed E-state index contributed by atoms with van der Waals surface area (Å²) in [6.07, 6.45) is 1.93. The highest BCUT2D eigenvalue weighted by molar-refractivity contribution is 7.99. The number of aromatic nitrogens is 2. The molecule has 0 radical (unpaired) electrons. The molecule has 2 rings (SSSR count). The number of carbonyl (C=O) groups is 1. The van der Waals surface area contributed by atoms with Gasteiger partial charge in [-0.1, -0.05) is 52.8 Å². The predicted octanol–water partition coefficient (Wildman–Crippen LogP) is 4.01. The van der Waals surface area contributed by atoms with Gasteiger partial charge in [0.05, 0.1) is 27.8 Å². The normalized spacial score (nSPS) is 13.9. The lowest BCUT2D eigenvalue weighted by Crippen LogP contribution is -2.49. The number of carbonyl (C=O) groups excluding carboxylic acids is 1. The average Bonchev–Trinajstić information content (AvgIpc) is 3.13. The van der Waals surface area contributed by atoms with E-state index in [9.17, 15) is 18.5 Å². The molecule has 182 valence electrons. The fraction of sp³-hybridized carbons (Fsp3) is 0.609. The zero-order valence-corrected chi connectivity index (χ0v) is 22.0. The van der Waals surface area contributed by atoms with E-state index in [0.717, 1.165) is 24.9 Å². The van der Waals surface area contributed by atoms with Crippen LogP contribution < -0.4 is 5.32 Å². The van der Waals surface area contributed by atoms with Crippen LogP contribution in [0.1, 0.15) is 54.4 Å². The fourth-order valence-corrected chi connectivity index (χ4v) is 5.68. The highest BCUT2D eigenvalue weighted by Gasteiger charge is 2.30. The molecule has 0 bridgehead atoms. The molecule has 2 aromatic rings. The van der Waals surface area contributed by atoms with Crippen molar-refractivity contribution in [3.05, 3.63) is 18.2 Å². The Kier molecular flexibility index (Phi) is 9.35. The first kappa shape index (κ1) is 27.2. The second-order valence-corrected chi connectivity index (χ2v) is 11.3. The van der Waals surface area contributed by atoms with E-state index in [0.29, 0.717) is 23.8 Å². The van der Waals surface area contributed by atoms with Crippen LogP contribution in [0, 0.1) is 17.2 Å². The number of amides is 1. The van der Waals surface area contributed by atoms with Gasteiger partial charge in [0.25, 0.3) is 0 Å². The number of nitrogens with one attached hydrogen (secondary N) is 1. The summed E-state index contributed by atoms with van der Waals surface area (Å²) >= 11 is 1.29. The minimum absolute atomic E-state index is 0.0308. The van der Waals surface area contributed by atoms with Gasteiger partial charge in [-0.05, 0) is 37.5 Å². The molecule has 0 saturated carbocycles. The molecule has 0 aliphatic heterocycles. The molecule has 1 heterocycles. The van der Waals surface area contributed by atoms with E-state index < -0.39 is 15.6 Å². The smallest absolute Gasteiger partial charge is 0.243 e. The van der Waals surface area contributed by atoms with Crippen LogP contribution in [-0.4, -0.2) is 52.6 Å². The van der Waals surface area contributed by atoms with Crippen LogP contribution in [0.15, 0.2) is 28.3 Å².